The molecule has 2 N–H and O–H groups in total. The Morgan fingerprint density at radius 2 is 2.16 bits per heavy atom. The maximum atomic E-state index is 12.0. The summed E-state index contributed by atoms with van der Waals surface area (Å²) < 4.78 is 0. The molecule has 2 heterocycles. The normalized spacial score (nSPS) is 11.9. The number of pyridine rings is 1. The van der Waals surface area contributed by atoms with Crippen molar-refractivity contribution >= 4 is 11.7 Å². The number of hydrogen-bond donors (Lipinski definition) is 2. The van der Waals surface area contributed by atoms with Crippen molar-refractivity contribution in [3.63, 3.8) is 0 Å². The first kappa shape index (κ1) is 13.1. The van der Waals surface area contributed by atoms with Crippen molar-refractivity contribution in [1.82, 2.24) is 20.5 Å². The molecule has 0 fully saturated rings. The van der Waals surface area contributed by atoms with Crippen molar-refractivity contribution in [2.45, 2.75) is 13.0 Å². The maximum absolute atomic E-state index is 12.0. The lowest BCUT2D eigenvalue weighted by Crippen LogP contribution is -2.26. The Bertz CT molecular complexity index is 533. The molecule has 1 atom stereocenters. The molecule has 0 saturated carbocycles. The SMILES string of the molecule is CC(NC(=O)c1ccc(N(C)C)nc1)c1cn[nH]c1. The molecule has 6 heteroatoms. The van der Waals surface area contributed by atoms with E-state index in [-0.39, 0.29) is 11.9 Å². The molecule has 1 amide bonds. The van der Waals surface area contributed by atoms with E-state index in [1.165, 1.54) is 0 Å². The highest BCUT2D eigenvalue weighted by atomic mass is 16.1. The summed E-state index contributed by atoms with van der Waals surface area (Å²) in [6.07, 6.45) is 5.03. The van der Waals surface area contributed by atoms with Gasteiger partial charge in [0.1, 0.15) is 5.82 Å². The first-order valence-corrected chi connectivity index (χ1v) is 6.01. The molecule has 0 aliphatic carbocycles. The Balaban J connectivity index is 2.03. The Labute approximate surface area is 111 Å². The van der Waals surface area contributed by atoms with E-state index in [0.29, 0.717) is 5.56 Å². The fourth-order valence-corrected chi connectivity index (χ4v) is 1.65. The summed E-state index contributed by atoms with van der Waals surface area (Å²) in [6.45, 7) is 1.91. The van der Waals surface area contributed by atoms with Gasteiger partial charge in [-0.15, -0.1) is 0 Å². The number of nitrogens with zero attached hydrogens (tertiary/aromatic N) is 3. The van der Waals surface area contributed by atoms with Gasteiger partial charge in [0.2, 0.25) is 0 Å². The standard InChI is InChI=1S/C13H17N5O/c1-9(11-7-15-16-8-11)17-13(19)10-4-5-12(14-6-10)18(2)3/h4-9H,1-3H3,(H,15,16)(H,17,19). The van der Waals surface area contributed by atoms with Gasteiger partial charge in [-0.25, -0.2) is 4.98 Å². The number of carbonyl (C=O) groups is 1. The highest BCUT2D eigenvalue weighted by molar-refractivity contribution is 5.94. The van der Waals surface area contributed by atoms with Gasteiger partial charge in [-0.2, -0.15) is 5.10 Å². The van der Waals surface area contributed by atoms with Crippen molar-refractivity contribution in [3.8, 4) is 0 Å². The number of anilines is 1. The number of rotatable bonds is 4. The molecule has 2 aromatic rings. The van der Waals surface area contributed by atoms with Gasteiger partial charge in [0.25, 0.3) is 5.91 Å². The lowest BCUT2D eigenvalue weighted by atomic mass is 10.1. The van der Waals surface area contributed by atoms with Gasteiger partial charge in [0.05, 0.1) is 17.8 Å². The van der Waals surface area contributed by atoms with E-state index in [0.717, 1.165) is 11.4 Å². The quantitative estimate of drug-likeness (QED) is 0.869. The molecule has 1 unspecified atom stereocenters. The minimum absolute atomic E-state index is 0.0974. The lowest BCUT2D eigenvalue weighted by Gasteiger charge is -2.13. The summed E-state index contributed by atoms with van der Waals surface area (Å²) in [5, 5.41) is 9.48. The predicted octanol–water partition coefficient (Wildman–Crippen LogP) is 1.36. The molecule has 0 aliphatic heterocycles. The van der Waals surface area contributed by atoms with E-state index in [1.807, 2.05) is 32.0 Å². The van der Waals surface area contributed by atoms with Crippen LogP contribution in [0.5, 0.6) is 0 Å². The lowest BCUT2D eigenvalue weighted by molar-refractivity contribution is 0.0939. The number of hydrogen-bond acceptors (Lipinski definition) is 4. The zero-order chi connectivity index (χ0) is 13.8. The van der Waals surface area contributed by atoms with Gasteiger partial charge in [0.15, 0.2) is 0 Å². The number of aromatic nitrogens is 3. The Kier molecular flexibility index (Phi) is 3.79. The summed E-state index contributed by atoms with van der Waals surface area (Å²) in [4.78, 5) is 18.1. The van der Waals surface area contributed by atoms with Crippen molar-refractivity contribution in [1.29, 1.82) is 0 Å². The topological polar surface area (TPSA) is 73.9 Å². The Hall–Kier alpha value is -2.37. The van der Waals surface area contributed by atoms with Gasteiger partial charge < -0.3 is 10.2 Å². The fraction of sp³-hybridized carbons (Fsp3) is 0.308. The first-order valence-electron chi connectivity index (χ1n) is 6.01. The van der Waals surface area contributed by atoms with Gasteiger partial charge in [-0.05, 0) is 19.1 Å². The highest BCUT2D eigenvalue weighted by Gasteiger charge is 2.12. The van der Waals surface area contributed by atoms with E-state index in [9.17, 15) is 4.79 Å². The van der Waals surface area contributed by atoms with Crippen LogP contribution in [-0.4, -0.2) is 35.2 Å². The average molecular weight is 259 g/mol. The van der Waals surface area contributed by atoms with E-state index < -0.39 is 0 Å². The van der Waals surface area contributed by atoms with Crippen molar-refractivity contribution in [3.05, 3.63) is 41.9 Å². The van der Waals surface area contributed by atoms with Crippen LogP contribution in [0.2, 0.25) is 0 Å². The fourth-order valence-electron chi connectivity index (χ4n) is 1.65. The number of carbonyl (C=O) groups excluding carboxylic acids is 1. The Morgan fingerprint density at radius 3 is 2.68 bits per heavy atom. The Morgan fingerprint density at radius 1 is 1.37 bits per heavy atom. The van der Waals surface area contributed by atoms with Crippen molar-refractivity contribution < 1.29 is 4.79 Å². The molecule has 2 rings (SSSR count). The average Bonchev–Trinajstić information content (AvgIpc) is 2.92. The minimum Gasteiger partial charge on any atom is -0.363 e. The molecule has 0 aliphatic rings. The van der Waals surface area contributed by atoms with Gasteiger partial charge in [0, 0.05) is 32.1 Å². The number of nitrogens with one attached hydrogen (secondary N) is 2. The van der Waals surface area contributed by atoms with Crippen LogP contribution in [-0.2, 0) is 0 Å². The third kappa shape index (κ3) is 3.09. The van der Waals surface area contributed by atoms with Gasteiger partial charge >= 0.3 is 0 Å². The van der Waals surface area contributed by atoms with Crippen LogP contribution in [0, 0.1) is 0 Å². The molecule has 0 bridgehead atoms. The van der Waals surface area contributed by atoms with Gasteiger partial charge in [-0.1, -0.05) is 0 Å². The molecule has 2 aromatic heterocycles. The number of amides is 1. The maximum Gasteiger partial charge on any atom is 0.253 e. The summed E-state index contributed by atoms with van der Waals surface area (Å²) >= 11 is 0. The summed E-state index contributed by atoms with van der Waals surface area (Å²) in [7, 11) is 3.81. The largest absolute Gasteiger partial charge is 0.363 e. The predicted molar refractivity (Wildman–Crippen MR) is 73.0 cm³/mol. The third-order valence-electron chi connectivity index (χ3n) is 2.84. The van der Waals surface area contributed by atoms with Crippen LogP contribution in [0.3, 0.4) is 0 Å². The minimum atomic E-state index is -0.147. The third-order valence-corrected chi connectivity index (χ3v) is 2.84. The van der Waals surface area contributed by atoms with Crippen LogP contribution in [0.4, 0.5) is 5.82 Å². The van der Waals surface area contributed by atoms with Gasteiger partial charge in [-0.3, -0.25) is 9.89 Å². The summed E-state index contributed by atoms with van der Waals surface area (Å²) in [6, 6.07) is 3.48. The van der Waals surface area contributed by atoms with Crippen LogP contribution < -0.4 is 10.2 Å². The first-order chi connectivity index (χ1) is 9.08. The molecule has 0 spiro atoms. The van der Waals surface area contributed by atoms with E-state index in [1.54, 1.807) is 24.7 Å². The summed E-state index contributed by atoms with van der Waals surface area (Å²) in [5.41, 5.74) is 1.48. The molecular weight excluding hydrogens is 242 g/mol. The zero-order valence-electron chi connectivity index (χ0n) is 11.2. The molecule has 100 valence electrons. The van der Waals surface area contributed by atoms with E-state index in [4.69, 9.17) is 0 Å². The molecular formula is C13H17N5O. The summed E-state index contributed by atoms with van der Waals surface area (Å²) in [5.74, 6) is 0.672. The van der Waals surface area contributed by atoms with Crippen molar-refractivity contribution in [2.24, 2.45) is 0 Å². The molecule has 0 saturated heterocycles. The van der Waals surface area contributed by atoms with Crippen LogP contribution in [0.25, 0.3) is 0 Å². The smallest absolute Gasteiger partial charge is 0.253 e. The van der Waals surface area contributed by atoms with Crippen LogP contribution in [0.15, 0.2) is 30.7 Å². The van der Waals surface area contributed by atoms with Crippen molar-refractivity contribution in [2.75, 3.05) is 19.0 Å². The second kappa shape index (κ2) is 5.51. The highest BCUT2D eigenvalue weighted by Crippen LogP contribution is 2.12. The van der Waals surface area contributed by atoms with Crippen LogP contribution in [0.1, 0.15) is 28.9 Å². The van der Waals surface area contributed by atoms with Crippen LogP contribution >= 0.6 is 0 Å². The molecule has 6 nitrogen and oxygen atoms in total. The molecule has 0 radical (unpaired) electrons. The van der Waals surface area contributed by atoms with E-state index >= 15 is 0 Å². The molecule has 0 aromatic carbocycles. The van der Waals surface area contributed by atoms with E-state index in [2.05, 4.69) is 20.5 Å². The second-order valence-corrected chi connectivity index (χ2v) is 4.53. The monoisotopic (exact) mass is 259 g/mol. The molecule has 19 heavy (non-hydrogen) atoms. The second-order valence-electron chi connectivity index (χ2n) is 4.53. The number of aromatic amines is 1. The number of H-pyrrole nitrogens is 1. The zero-order valence-corrected chi connectivity index (χ0v) is 11.2.